The number of nitrogens with two attached hydrogens (primary N) is 1. The third-order valence-electron chi connectivity index (χ3n) is 8.73. The second-order valence-corrected chi connectivity index (χ2v) is 12.8. The number of halogens is 2. The first-order chi connectivity index (χ1) is 20.3. The minimum absolute atomic E-state index is 0.0621. The first kappa shape index (κ1) is 29.2. The van der Waals surface area contributed by atoms with E-state index in [1.54, 1.807) is 30.9 Å². The molecule has 3 aliphatic rings. The van der Waals surface area contributed by atoms with Crippen LogP contribution in [0.2, 0.25) is 5.02 Å². The number of aliphatic hydroxyl groups is 1. The van der Waals surface area contributed by atoms with E-state index in [4.69, 9.17) is 22.1 Å². The van der Waals surface area contributed by atoms with Crippen molar-refractivity contribution in [3.63, 3.8) is 0 Å². The lowest BCUT2D eigenvalue weighted by molar-refractivity contribution is 0.0479. The molecule has 1 spiro atoms. The Labute approximate surface area is 253 Å². The summed E-state index contributed by atoms with van der Waals surface area (Å²) in [6, 6.07) is 3.62. The molecule has 42 heavy (non-hydrogen) atoms. The zero-order valence-electron chi connectivity index (χ0n) is 23.4. The monoisotopic (exact) mass is 615 g/mol. The van der Waals surface area contributed by atoms with Crippen LogP contribution in [0.5, 0.6) is 0 Å². The molecule has 2 atom stereocenters. The number of anilines is 4. The Morgan fingerprint density at radius 1 is 1.07 bits per heavy atom. The van der Waals surface area contributed by atoms with Gasteiger partial charge in [-0.15, -0.1) is 0 Å². The minimum atomic E-state index is -1.54. The molecule has 6 heterocycles. The summed E-state index contributed by atoms with van der Waals surface area (Å²) in [6.45, 7) is 4.91. The summed E-state index contributed by atoms with van der Waals surface area (Å²) >= 11 is 8.14. The summed E-state index contributed by atoms with van der Waals surface area (Å²) in [5.74, 6) is 2.29. The molecule has 0 bridgehead atoms. The van der Waals surface area contributed by atoms with Gasteiger partial charge in [0.2, 0.25) is 5.95 Å². The van der Waals surface area contributed by atoms with Gasteiger partial charge in [-0.05, 0) is 31.9 Å². The Morgan fingerprint density at radius 2 is 1.81 bits per heavy atom. The third-order valence-corrected chi connectivity index (χ3v) is 10.2. The summed E-state index contributed by atoms with van der Waals surface area (Å²) < 4.78 is 20.2. The molecule has 3 aromatic rings. The van der Waals surface area contributed by atoms with Crippen molar-refractivity contribution in [2.24, 2.45) is 11.1 Å². The van der Waals surface area contributed by atoms with Gasteiger partial charge in [0.25, 0.3) is 0 Å². The maximum absolute atomic E-state index is 14.4. The van der Waals surface area contributed by atoms with Crippen molar-refractivity contribution in [1.82, 2.24) is 24.9 Å². The van der Waals surface area contributed by atoms with Crippen LogP contribution in [-0.4, -0.2) is 87.2 Å². The molecule has 3 aromatic heterocycles. The fourth-order valence-electron chi connectivity index (χ4n) is 5.84. The van der Waals surface area contributed by atoms with Crippen LogP contribution in [0.15, 0.2) is 46.8 Å². The zero-order valence-corrected chi connectivity index (χ0v) is 25.0. The van der Waals surface area contributed by atoms with E-state index in [1.807, 2.05) is 11.0 Å². The van der Waals surface area contributed by atoms with Gasteiger partial charge in [0.15, 0.2) is 5.82 Å². The van der Waals surface area contributed by atoms with Gasteiger partial charge in [-0.25, -0.2) is 24.3 Å². The smallest absolute Gasteiger partial charge is 0.227 e. The summed E-state index contributed by atoms with van der Waals surface area (Å²) in [6.07, 6.45) is 9.39. The van der Waals surface area contributed by atoms with E-state index in [1.165, 1.54) is 11.8 Å². The van der Waals surface area contributed by atoms with E-state index in [9.17, 15) is 9.50 Å². The number of aliphatic hydroxyl groups excluding tert-OH is 1. The topological polar surface area (TPSA) is 138 Å². The van der Waals surface area contributed by atoms with E-state index in [0.29, 0.717) is 40.7 Å². The molecule has 0 unspecified atom stereocenters. The van der Waals surface area contributed by atoms with Crippen LogP contribution in [0.3, 0.4) is 0 Å². The van der Waals surface area contributed by atoms with Crippen molar-refractivity contribution in [2.45, 2.75) is 60.3 Å². The number of hydrogen-bond donors (Lipinski definition) is 3. The van der Waals surface area contributed by atoms with Gasteiger partial charge in [-0.3, -0.25) is 0 Å². The quantitative estimate of drug-likeness (QED) is 0.356. The lowest BCUT2D eigenvalue weighted by Crippen LogP contribution is -2.50. The third kappa shape index (κ3) is 5.98. The van der Waals surface area contributed by atoms with Crippen LogP contribution in [0.4, 0.5) is 27.8 Å². The zero-order chi connectivity index (χ0) is 29.3. The molecule has 14 heteroatoms. The van der Waals surface area contributed by atoms with E-state index in [0.717, 1.165) is 43.3 Å². The molecule has 6 rings (SSSR count). The second kappa shape index (κ2) is 12.0. The molecule has 3 fully saturated rings. The van der Waals surface area contributed by atoms with Gasteiger partial charge < -0.3 is 30.7 Å². The first-order valence-corrected chi connectivity index (χ1v) is 15.4. The van der Waals surface area contributed by atoms with Crippen LogP contribution >= 0.6 is 23.4 Å². The fourth-order valence-corrected chi connectivity index (χ4v) is 6.87. The van der Waals surface area contributed by atoms with E-state index in [-0.39, 0.29) is 30.4 Å². The number of alkyl halides is 1. The Balaban J connectivity index is 1.08. The number of pyridine rings is 1. The lowest BCUT2D eigenvalue weighted by atomic mass is 9.73. The standard InChI is InChI=1S/C28H35ClFN9O2S/c1-18-24(31)27(17-41-18)4-10-38(11-5-27)21-14-35-22(15-34-21)42-19-2-8-32-25(23(19)29)36-20-3-9-33-26(37-20)39-12-6-28(30,16-40)7-13-39/h2-3,8-9,14-15,18,24,40H,4-7,10-13,16-17,31H2,1H3,(H,32,33,36,37)/t18-,24+/m0/s1. The molecule has 0 amide bonds. The van der Waals surface area contributed by atoms with Crippen LogP contribution in [0, 0.1) is 5.41 Å². The highest BCUT2D eigenvalue weighted by Gasteiger charge is 2.47. The Morgan fingerprint density at radius 3 is 2.48 bits per heavy atom. The van der Waals surface area contributed by atoms with Crippen LogP contribution in [0.25, 0.3) is 0 Å². The molecule has 224 valence electrons. The van der Waals surface area contributed by atoms with Crippen molar-refractivity contribution in [3.05, 3.63) is 41.9 Å². The second-order valence-electron chi connectivity index (χ2n) is 11.3. The van der Waals surface area contributed by atoms with E-state index < -0.39 is 12.3 Å². The Bertz CT molecular complexity index is 1390. The number of ether oxygens (including phenoxy) is 1. The van der Waals surface area contributed by atoms with Crippen molar-refractivity contribution in [2.75, 3.05) is 54.5 Å². The van der Waals surface area contributed by atoms with E-state index in [2.05, 4.69) is 42.1 Å². The predicted molar refractivity (Wildman–Crippen MR) is 160 cm³/mol. The SMILES string of the molecule is C[C@@H]1OCC2(CCN(c3cnc(Sc4ccnc(Nc5ccnc(N6CCC(F)(CO)CC6)n5)c4Cl)cn3)CC2)[C@@H]1N. The van der Waals surface area contributed by atoms with Crippen molar-refractivity contribution in [3.8, 4) is 0 Å². The number of nitrogens with zero attached hydrogens (tertiary/aromatic N) is 7. The molecule has 11 nitrogen and oxygen atoms in total. The maximum atomic E-state index is 14.4. The summed E-state index contributed by atoms with van der Waals surface area (Å²) in [4.78, 5) is 27.6. The average molecular weight is 616 g/mol. The average Bonchev–Trinajstić information content (AvgIpc) is 3.29. The molecule has 4 N–H and O–H groups in total. The number of hydrogen-bond acceptors (Lipinski definition) is 12. The minimum Gasteiger partial charge on any atom is -0.393 e. The van der Waals surface area contributed by atoms with Crippen LogP contribution < -0.4 is 20.9 Å². The van der Waals surface area contributed by atoms with Crippen molar-refractivity contribution in [1.29, 1.82) is 0 Å². The normalized spacial score (nSPS) is 23.4. The molecule has 0 radical (unpaired) electrons. The van der Waals surface area contributed by atoms with Gasteiger partial charge in [-0.1, -0.05) is 23.4 Å². The molecule has 0 aromatic carbocycles. The van der Waals surface area contributed by atoms with Gasteiger partial charge in [0.1, 0.15) is 22.3 Å². The van der Waals surface area contributed by atoms with E-state index >= 15 is 0 Å². The van der Waals surface area contributed by atoms with Crippen molar-refractivity contribution < 1.29 is 14.2 Å². The van der Waals surface area contributed by atoms with Gasteiger partial charge in [-0.2, -0.15) is 4.98 Å². The molecular weight excluding hydrogens is 581 g/mol. The summed E-state index contributed by atoms with van der Waals surface area (Å²) in [5, 5.41) is 13.6. The van der Waals surface area contributed by atoms with Crippen LogP contribution in [-0.2, 0) is 4.74 Å². The molecule has 3 aliphatic heterocycles. The Hall–Kier alpha value is -2.84. The molecular formula is C28H35ClFN9O2S. The molecule has 0 saturated carbocycles. The number of nitrogens with one attached hydrogen (secondary N) is 1. The van der Waals surface area contributed by atoms with Gasteiger partial charge in [0.05, 0.1) is 36.7 Å². The summed E-state index contributed by atoms with van der Waals surface area (Å²) in [5.41, 5.74) is 4.98. The van der Waals surface area contributed by atoms with Gasteiger partial charge in [0, 0.05) is 67.8 Å². The lowest BCUT2D eigenvalue weighted by Gasteiger charge is -2.41. The van der Waals surface area contributed by atoms with Crippen LogP contribution in [0.1, 0.15) is 32.6 Å². The predicted octanol–water partition coefficient (Wildman–Crippen LogP) is 3.84. The highest BCUT2D eigenvalue weighted by atomic mass is 35.5. The van der Waals surface area contributed by atoms with Crippen molar-refractivity contribution >= 4 is 46.8 Å². The summed E-state index contributed by atoms with van der Waals surface area (Å²) in [7, 11) is 0. The highest BCUT2D eigenvalue weighted by Crippen LogP contribution is 2.42. The van der Waals surface area contributed by atoms with Gasteiger partial charge >= 0.3 is 0 Å². The first-order valence-electron chi connectivity index (χ1n) is 14.2. The fraction of sp³-hybridized carbons (Fsp3) is 0.536. The largest absolute Gasteiger partial charge is 0.393 e. The maximum Gasteiger partial charge on any atom is 0.227 e. The Kier molecular flexibility index (Phi) is 8.38. The number of rotatable bonds is 7. The molecule has 0 aliphatic carbocycles. The highest BCUT2D eigenvalue weighted by molar-refractivity contribution is 7.99. The number of piperidine rings is 2. The number of aromatic nitrogens is 5. The molecule has 3 saturated heterocycles.